The molecule has 1 aromatic carbocycles. The second-order valence-electron chi connectivity index (χ2n) is 5.92. The molecule has 0 saturated heterocycles. The number of rotatable bonds is 12. The average molecular weight is 304 g/mol. The van der Waals surface area contributed by atoms with E-state index in [4.69, 9.17) is 0 Å². The van der Waals surface area contributed by atoms with Crippen LogP contribution in [0.15, 0.2) is 30.3 Å². The first-order chi connectivity index (χ1) is 10.8. The van der Waals surface area contributed by atoms with Crippen molar-refractivity contribution >= 4 is 5.91 Å². The second kappa shape index (κ2) is 12.2. The number of nitrogens with one attached hydrogen (secondary N) is 1. The highest BCUT2D eigenvalue weighted by Crippen LogP contribution is 2.05. The van der Waals surface area contributed by atoms with E-state index in [-0.39, 0.29) is 5.91 Å². The van der Waals surface area contributed by atoms with E-state index in [9.17, 15) is 4.79 Å². The zero-order valence-electron chi connectivity index (χ0n) is 14.3. The maximum Gasteiger partial charge on any atom is 0.265 e. The van der Waals surface area contributed by atoms with Crippen LogP contribution in [0.3, 0.4) is 0 Å². The van der Waals surface area contributed by atoms with E-state index in [0.29, 0.717) is 0 Å². The first kappa shape index (κ1) is 18.7. The zero-order chi connectivity index (χ0) is 16.0. The van der Waals surface area contributed by atoms with Crippen molar-refractivity contribution in [3.05, 3.63) is 35.9 Å². The predicted octanol–water partition coefficient (Wildman–Crippen LogP) is 4.79. The minimum absolute atomic E-state index is 0.00610. The maximum atomic E-state index is 12.3. The van der Waals surface area contributed by atoms with Crippen molar-refractivity contribution in [1.82, 2.24) is 10.4 Å². The number of benzene rings is 1. The quantitative estimate of drug-likeness (QED) is 0.444. The van der Waals surface area contributed by atoms with Crippen LogP contribution in [0.2, 0.25) is 0 Å². The molecule has 0 radical (unpaired) electrons. The van der Waals surface area contributed by atoms with Gasteiger partial charge in [-0.15, -0.1) is 0 Å². The molecule has 0 fully saturated rings. The number of amides is 1. The lowest BCUT2D eigenvalue weighted by Gasteiger charge is -2.23. The number of hydrogen-bond acceptors (Lipinski definition) is 2. The first-order valence-corrected chi connectivity index (χ1v) is 8.89. The fourth-order valence-electron chi connectivity index (χ4n) is 2.48. The van der Waals surface area contributed by atoms with Crippen LogP contribution < -0.4 is 5.43 Å². The summed E-state index contributed by atoms with van der Waals surface area (Å²) in [6, 6.07) is 9.47. The van der Waals surface area contributed by atoms with Crippen molar-refractivity contribution in [2.75, 3.05) is 13.1 Å². The fourth-order valence-corrected chi connectivity index (χ4v) is 2.48. The lowest BCUT2D eigenvalue weighted by atomic mass is 10.2. The van der Waals surface area contributed by atoms with Gasteiger partial charge in [-0.3, -0.25) is 10.2 Å². The molecular formula is C19H32N2O. The van der Waals surface area contributed by atoms with Crippen LogP contribution in [0.1, 0.15) is 75.6 Å². The summed E-state index contributed by atoms with van der Waals surface area (Å²) in [5, 5.41) is 2.11. The number of hydrazine groups is 1. The molecular weight excluding hydrogens is 272 g/mol. The summed E-state index contributed by atoms with van der Waals surface area (Å²) in [5.74, 6) is 0.00610. The van der Waals surface area contributed by atoms with Crippen LogP contribution in [0.25, 0.3) is 0 Å². The van der Waals surface area contributed by atoms with E-state index >= 15 is 0 Å². The molecule has 3 nitrogen and oxygen atoms in total. The highest BCUT2D eigenvalue weighted by molar-refractivity contribution is 5.93. The summed E-state index contributed by atoms with van der Waals surface area (Å²) in [7, 11) is 0. The van der Waals surface area contributed by atoms with Crippen molar-refractivity contribution in [1.29, 1.82) is 0 Å². The van der Waals surface area contributed by atoms with E-state index in [1.54, 1.807) is 0 Å². The summed E-state index contributed by atoms with van der Waals surface area (Å²) < 4.78 is 0. The Morgan fingerprint density at radius 3 is 1.91 bits per heavy atom. The molecule has 0 atom stereocenters. The van der Waals surface area contributed by atoms with Gasteiger partial charge in [-0.1, -0.05) is 70.6 Å². The Balaban J connectivity index is 2.43. The van der Waals surface area contributed by atoms with E-state index in [1.807, 2.05) is 30.3 Å². The topological polar surface area (TPSA) is 32.3 Å². The van der Waals surface area contributed by atoms with Gasteiger partial charge in [-0.25, -0.2) is 5.01 Å². The molecule has 1 aromatic rings. The Labute approximate surface area is 136 Å². The van der Waals surface area contributed by atoms with Crippen molar-refractivity contribution in [2.24, 2.45) is 0 Å². The highest BCUT2D eigenvalue weighted by atomic mass is 16.2. The molecule has 0 spiro atoms. The molecule has 124 valence electrons. The van der Waals surface area contributed by atoms with Gasteiger partial charge < -0.3 is 0 Å². The molecule has 1 rings (SSSR count). The van der Waals surface area contributed by atoms with Gasteiger partial charge in [-0.05, 0) is 25.0 Å². The van der Waals surface area contributed by atoms with E-state index < -0.39 is 0 Å². The molecule has 0 aliphatic heterocycles. The van der Waals surface area contributed by atoms with Gasteiger partial charge in [-0.2, -0.15) is 0 Å². The molecule has 1 N–H and O–H groups in total. The minimum Gasteiger partial charge on any atom is -0.285 e. The van der Waals surface area contributed by atoms with Crippen LogP contribution in [-0.4, -0.2) is 24.0 Å². The summed E-state index contributed by atoms with van der Waals surface area (Å²) in [5.41, 5.74) is 3.81. The minimum atomic E-state index is 0.00610. The molecule has 22 heavy (non-hydrogen) atoms. The Hall–Kier alpha value is -1.35. The zero-order valence-corrected chi connectivity index (χ0v) is 14.3. The SMILES string of the molecule is CCCCCCN(CCCCCC)NC(=O)c1ccccc1. The summed E-state index contributed by atoms with van der Waals surface area (Å²) in [6.45, 7) is 6.34. The van der Waals surface area contributed by atoms with Crippen LogP contribution in [-0.2, 0) is 0 Å². The summed E-state index contributed by atoms with van der Waals surface area (Å²) in [6.07, 6.45) is 9.81. The van der Waals surface area contributed by atoms with Crippen LogP contribution >= 0.6 is 0 Å². The number of carbonyl (C=O) groups is 1. The Bertz CT molecular complexity index is 380. The number of hydrogen-bond donors (Lipinski definition) is 1. The molecule has 0 bridgehead atoms. The lowest BCUT2D eigenvalue weighted by molar-refractivity contribution is 0.0780. The van der Waals surface area contributed by atoms with Gasteiger partial charge in [0.2, 0.25) is 0 Å². The van der Waals surface area contributed by atoms with Crippen molar-refractivity contribution in [3.8, 4) is 0 Å². The molecule has 0 aliphatic rings. The van der Waals surface area contributed by atoms with Gasteiger partial charge in [0.05, 0.1) is 0 Å². The lowest BCUT2D eigenvalue weighted by Crippen LogP contribution is -2.43. The smallest absolute Gasteiger partial charge is 0.265 e. The maximum absolute atomic E-state index is 12.3. The first-order valence-electron chi connectivity index (χ1n) is 8.89. The third-order valence-electron chi connectivity index (χ3n) is 3.86. The molecule has 0 aliphatic carbocycles. The van der Waals surface area contributed by atoms with Gasteiger partial charge in [0.25, 0.3) is 5.91 Å². The summed E-state index contributed by atoms with van der Waals surface area (Å²) in [4.78, 5) is 12.3. The van der Waals surface area contributed by atoms with Crippen molar-refractivity contribution in [3.63, 3.8) is 0 Å². The molecule has 3 heteroatoms. The molecule has 0 aromatic heterocycles. The van der Waals surface area contributed by atoms with E-state index in [2.05, 4.69) is 24.3 Å². The van der Waals surface area contributed by atoms with E-state index in [1.165, 1.54) is 38.5 Å². The average Bonchev–Trinajstić information content (AvgIpc) is 2.56. The predicted molar refractivity (Wildman–Crippen MR) is 93.8 cm³/mol. The molecule has 0 saturated carbocycles. The highest BCUT2D eigenvalue weighted by Gasteiger charge is 2.10. The van der Waals surface area contributed by atoms with E-state index in [0.717, 1.165) is 31.5 Å². The Kier molecular flexibility index (Phi) is 10.4. The summed E-state index contributed by atoms with van der Waals surface area (Å²) >= 11 is 0. The largest absolute Gasteiger partial charge is 0.285 e. The fraction of sp³-hybridized carbons (Fsp3) is 0.632. The number of nitrogens with zero attached hydrogens (tertiary/aromatic N) is 1. The number of unbranched alkanes of at least 4 members (excludes halogenated alkanes) is 6. The molecule has 0 unspecified atom stereocenters. The normalized spacial score (nSPS) is 10.9. The molecule has 1 amide bonds. The van der Waals surface area contributed by atoms with Crippen LogP contribution in [0.5, 0.6) is 0 Å². The Morgan fingerprint density at radius 2 is 1.41 bits per heavy atom. The Morgan fingerprint density at radius 1 is 0.864 bits per heavy atom. The van der Waals surface area contributed by atoms with Gasteiger partial charge in [0.15, 0.2) is 0 Å². The second-order valence-corrected chi connectivity index (χ2v) is 5.92. The van der Waals surface area contributed by atoms with Crippen LogP contribution in [0, 0.1) is 0 Å². The third kappa shape index (κ3) is 8.18. The van der Waals surface area contributed by atoms with Gasteiger partial charge in [0.1, 0.15) is 0 Å². The van der Waals surface area contributed by atoms with Gasteiger partial charge in [0, 0.05) is 18.7 Å². The number of carbonyl (C=O) groups excluding carboxylic acids is 1. The monoisotopic (exact) mass is 304 g/mol. The standard InChI is InChI=1S/C19H32N2O/c1-3-5-7-12-16-21(17-13-8-6-4-2)20-19(22)18-14-10-9-11-15-18/h9-11,14-15H,3-8,12-13,16-17H2,1-2H3,(H,20,22). The van der Waals surface area contributed by atoms with Crippen LogP contribution in [0.4, 0.5) is 0 Å². The van der Waals surface area contributed by atoms with Gasteiger partial charge >= 0.3 is 0 Å². The molecule has 0 heterocycles. The van der Waals surface area contributed by atoms with Crippen molar-refractivity contribution < 1.29 is 4.79 Å². The third-order valence-corrected chi connectivity index (χ3v) is 3.86. The van der Waals surface area contributed by atoms with Crippen molar-refractivity contribution in [2.45, 2.75) is 65.2 Å².